The van der Waals surface area contributed by atoms with E-state index >= 15 is 0 Å². The molecule has 1 aromatic carbocycles. The molecule has 2 aliphatic heterocycles. The molecular weight excluding hydrogens is 314 g/mol. The van der Waals surface area contributed by atoms with E-state index < -0.39 is 0 Å². The van der Waals surface area contributed by atoms with Crippen molar-refractivity contribution in [1.82, 2.24) is 14.7 Å². The fourth-order valence-corrected chi connectivity index (χ4v) is 4.26. The van der Waals surface area contributed by atoms with Crippen LogP contribution in [0.4, 0.5) is 0 Å². The van der Waals surface area contributed by atoms with Crippen molar-refractivity contribution in [2.24, 2.45) is 7.05 Å². The number of fused-ring (bicyclic) bond motifs is 1. The molecule has 5 nitrogen and oxygen atoms in total. The van der Waals surface area contributed by atoms with Crippen LogP contribution in [-0.2, 0) is 24.7 Å². The van der Waals surface area contributed by atoms with Crippen LogP contribution in [0.1, 0.15) is 47.0 Å². The Kier molecular flexibility index (Phi) is 4.02. The molecule has 3 heterocycles. The first-order valence-corrected chi connectivity index (χ1v) is 9.09. The van der Waals surface area contributed by atoms with Gasteiger partial charge in [0, 0.05) is 31.3 Å². The van der Waals surface area contributed by atoms with Gasteiger partial charge in [0.25, 0.3) is 0 Å². The molecule has 1 amide bonds. The maximum Gasteiger partial charge on any atom is 0.227 e. The van der Waals surface area contributed by atoms with E-state index in [-0.39, 0.29) is 11.9 Å². The molecule has 5 heteroatoms. The first kappa shape index (κ1) is 16.2. The van der Waals surface area contributed by atoms with Crippen LogP contribution < -0.4 is 4.74 Å². The first-order chi connectivity index (χ1) is 12.0. The number of ether oxygens (including phenoxy) is 1. The average molecular weight is 339 g/mol. The summed E-state index contributed by atoms with van der Waals surface area (Å²) in [6.45, 7) is 5.73. The van der Waals surface area contributed by atoms with Gasteiger partial charge in [0.1, 0.15) is 5.75 Å². The summed E-state index contributed by atoms with van der Waals surface area (Å²) in [5.74, 6) is 1.18. The molecule has 4 rings (SSSR count). The van der Waals surface area contributed by atoms with Gasteiger partial charge in [0.2, 0.25) is 5.91 Å². The molecule has 0 saturated carbocycles. The third-order valence-corrected chi connectivity index (χ3v) is 5.58. The number of likely N-dealkylation sites (tertiary alicyclic amines) is 1. The minimum absolute atomic E-state index is 0.166. The first-order valence-electron chi connectivity index (χ1n) is 9.09. The summed E-state index contributed by atoms with van der Waals surface area (Å²) < 4.78 is 7.48. The minimum atomic E-state index is 0.166. The summed E-state index contributed by atoms with van der Waals surface area (Å²) in [5.41, 5.74) is 5.74. The van der Waals surface area contributed by atoms with E-state index in [1.807, 2.05) is 30.8 Å². The maximum atomic E-state index is 13.0. The van der Waals surface area contributed by atoms with Crippen molar-refractivity contribution in [3.63, 3.8) is 0 Å². The Balaban J connectivity index is 1.55. The SMILES string of the molecule is Cc1nn(C)c(C)c1C1CCCN1C(=O)Cc1ccc2c(c1)CCO2. The Morgan fingerprint density at radius 1 is 1.36 bits per heavy atom. The normalized spacial score (nSPS) is 19.2. The largest absolute Gasteiger partial charge is 0.493 e. The number of rotatable bonds is 3. The fraction of sp³-hybridized carbons (Fsp3) is 0.500. The number of amides is 1. The summed E-state index contributed by atoms with van der Waals surface area (Å²) in [5, 5.41) is 4.54. The number of benzene rings is 1. The Labute approximate surface area is 148 Å². The lowest BCUT2D eigenvalue weighted by atomic mass is 10.0. The molecule has 0 radical (unpaired) electrons. The molecule has 0 spiro atoms. The minimum Gasteiger partial charge on any atom is -0.493 e. The van der Waals surface area contributed by atoms with Crippen LogP contribution in [-0.4, -0.2) is 33.7 Å². The second-order valence-electron chi connectivity index (χ2n) is 7.17. The van der Waals surface area contributed by atoms with E-state index in [4.69, 9.17) is 4.74 Å². The highest BCUT2D eigenvalue weighted by molar-refractivity contribution is 5.79. The predicted octanol–water partition coefficient (Wildman–Crippen LogP) is 2.88. The molecule has 0 N–H and O–H groups in total. The molecule has 2 aromatic rings. The molecule has 132 valence electrons. The van der Waals surface area contributed by atoms with Gasteiger partial charge in [-0.1, -0.05) is 12.1 Å². The van der Waals surface area contributed by atoms with Crippen molar-refractivity contribution in [2.75, 3.05) is 13.2 Å². The summed E-state index contributed by atoms with van der Waals surface area (Å²) in [7, 11) is 1.97. The van der Waals surface area contributed by atoms with Crippen LogP contribution >= 0.6 is 0 Å². The number of carbonyl (C=O) groups is 1. The molecule has 1 unspecified atom stereocenters. The van der Waals surface area contributed by atoms with E-state index in [0.29, 0.717) is 6.42 Å². The molecule has 1 fully saturated rings. The molecule has 1 aromatic heterocycles. The van der Waals surface area contributed by atoms with Gasteiger partial charge >= 0.3 is 0 Å². The molecule has 0 aliphatic carbocycles. The highest BCUT2D eigenvalue weighted by Crippen LogP contribution is 2.36. The highest BCUT2D eigenvalue weighted by atomic mass is 16.5. The second kappa shape index (κ2) is 6.21. The zero-order valence-electron chi connectivity index (χ0n) is 15.2. The smallest absolute Gasteiger partial charge is 0.227 e. The number of hydrogen-bond acceptors (Lipinski definition) is 3. The highest BCUT2D eigenvalue weighted by Gasteiger charge is 2.33. The van der Waals surface area contributed by atoms with Crippen molar-refractivity contribution in [3.8, 4) is 5.75 Å². The van der Waals surface area contributed by atoms with Crippen molar-refractivity contribution in [1.29, 1.82) is 0 Å². The third-order valence-electron chi connectivity index (χ3n) is 5.58. The van der Waals surface area contributed by atoms with Crippen molar-refractivity contribution in [3.05, 3.63) is 46.3 Å². The number of aromatic nitrogens is 2. The average Bonchev–Trinajstić information content (AvgIpc) is 3.27. The van der Waals surface area contributed by atoms with Gasteiger partial charge in [0.15, 0.2) is 0 Å². The van der Waals surface area contributed by atoms with Gasteiger partial charge in [-0.25, -0.2) is 0 Å². The lowest BCUT2D eigenvalue weighted by Gasteiger charge is -2.25. The molecule has 1 saturated heterocycles. The summed E-state index contributed by atoms with van der Waals surface area (Å²) >= 11 is 0. The van der Waals surface area contributed by atoms with Crippen molar-refractivity contribution >= 4 is 5.91 Å². The Morgan fingerprint density at radius 3 is 2.96 bits per heavy atom. The predicted molar refractivity (Wildman–Crippen MR) is 95.7 cm³/mol. The van der Waals surface area contributed by atoms with Crippen LogP contribution in [0.5, 0.6) is 5.75 Å². The van der Waals surface area contributed by atoms with Gasteiger partial charge in [0.05, 0.1) is 24.8 Å². The molecule has 1 atom stereocenters. The Morgan fingerprint density at radius 2 is 2.20 bits per heavy atom. The van der Waals surface area contributed by atoms with Gasteiger partial charge in [-0.15, -0.1) is 0 Å². The van der Waals surface area contributed by atoms with Crippen LogP contribution in [0.3, 0.4) is 0 Å². The second-order valence-corrected chi connectivity index (χ2v) is 7.17. The third kappa shape index (κ3) is 2.81. The van der Waals surface area contributed by atoms with Gasteiger partial charge < -0.3 is 9.64 Å². The van der Waals surface area contributed by atoms with Crippen LogP contribution in [0, 0.1) is 13.8 Å². The number of nitrogens with zero attached hydrogens (tertiary/aromatic N) is 3. The topological polar surface area (TPSA) is 47.4 Å². The van der Waals surface area contributed by atoms with Crippen LogP contribution in [0.25, 0.3) is 0 Å². The molecule has 0 bridgehead atoms. The van der Waals surface area contributed by atoms with Crippen LogP contribution in [0.15, 0.2) is 18.2 Å². The van der Waals surface area contributed by atoms with Gasteiger partial charge in [-0.05, 0) is 43.9 Å². The van der Waals surface area contributed by atoms with E-state index in [1.165, 1.54) is 11.1 Å². The lowest BCUT2D eigenvalue weighted by molar-refractivity contribution is -0.131. The maximum absolute atomic E-state index is 13.0. The van der Waals surface area contributed by atoms with E-state index in [2.05, 4.69) is 23.0 Å². The van der Waals surface area contributed by atoms with Gasteiger partial charge in [-0.2, -0.15) is 5.10 Å². The standard InChI is InChI=1S/C20H25N3O2/c1-13-20(14(2)22(3)21-13)17-5-4-9-23(17)19(24)12-15-6-7-18-16(11-15)8-10-25-18/h6-7,11,17H,4-5,8-10,12H2,1-3H3. The van der Waals surface area contributed by atoms with Crippen LogP contribution in [0.2, 0.25) is 0 Å². The van der Waals surface area contributed by atoms with Crippen molar-refractivity contribution < 1.29 is 9.53 Å². The number of carbonyl (C=O) groups excluding carboxylic acids is 1. The molecule has 25 heavy (non-hydrogen) atoms. The fourth-order valence-electron chi connectivity index (χ4n) is 4.26. The zero-order valence-corrected chi connectivity index (χ0v) is 15.2. The van der Waals surface area contributed by atoms with E-state index in [9.17, 15) is 4.79 Å². The van der Waals surface area contributed by atoms with E-state index in [1.54, 1.807) is 0 Å². The van der Waals surface area contributed by atoms with Gasteiger partial charge in [-0.3, -0.25) is 9.48 Å². The lowest BCUT2D eigenvalue weighted by Crippen LogP contribution is -2.32. The quantitative estimate of drug-likeness (QED) is 0.864. The monoisotopic (exact) mass is 339 g/mol. The van der Waals surface area contributed by atoms with Crippen molar-refractivity contribution in [2.45, 2.75) is 45.6 Å². The Hall–Kier alpha value is -2.30. The Bertz CT molecular complexity index is 825. The summed E-state index contributed by atoms with van der Waals surface area (Å²) in [4.78, 5) is 15.1. The molecule has 2 aliphatic rings. The summed E-state index contributed by atoms with van der Waals surface area (Å²) in [6.07, 6.45) is 3.49. The van der Waals surface area contributed by atoms with E-state index in [0.717, 1.165) is 55.1 Å². The zero-order chi connectivity index (χ0) is 17.6. The number of aryl methyl sites for hydroxylation is 2. The molecular formula is C20H25N3O2. The number of hydrogen-bond donors (Lipinski definition) is 0. The summed E-state index contributed by atoms with van der Waals surface area (Å²) in [6, 6.07) is 6.32.